The van der Waals surface area contributed by atoms with Crippen LogP contribution in [-0.2, 0) is 11.0 Å². The number of alkyl halides is 3. The molecule has 0 radical (unpaired) electrons. The molecule has 1 rings (SSSR count). The lowest BCUT2D eigenvalue weighted by Gasteiger charge is -2.24. The van der Waals surface area contributed by atoms with Gasteiger partial charge in [0.25, 0.3) is 5.91 Å². The molecule has 0 saturated carbocycles. The zero-order valence-corrected chi connectivity index (χ0v) is 10.9. The van der Waals surface area contributed by atoms with Gasteiger partial charge in [0.1, 0.15) is 0 Å². The summed E-state index contributed by atoms with van der Waals surface area (Å²) < 4.78 is 37.6. The second-order valence-corrected chi connectivity index (χ2v) is 4.99. The van der Waals surface area contributed by atoms with Gasteiger partial charge in [-0.1, -0.05) is 6.07 Å². The van der Waals surface area contributed by atoms with E-state index in [0.717, 1.165) is 18.2 Å². The van der Waals surface area contributed by atoms with Gasteiger partial charge in [0.2, 0.25) is 0 Å². The van der Waals surface area contributed by atoms with Crippen molar-refractivity contribution < 1.29 is 27.9 Å². The summed E-state index contributed by atoms with van der Waals surface area (Å²) in [5.41, 5.74) is -2.16. The summed E-state index contributed by atoms with van der Waals surface area (Å²) in [7, 11) is 0. The lowest BCUT2D eigenvalue weighted by Crippen LogP contribution is -2.45. The normalized spacial score (nSPS) is 12.1. The Balaban J connectivity index is 2.91. The van der Waals surface area contributed by atoms with Crippen molar-refractivity contribution in [1.29, 1.82) is 0 Å². The van der Waals surface area contributed by atoms with Gasteiger partial charge in [-0.3, -0.25) is 9.59 Å². The van der Waals surface area contributed by atoms with Crippen molar-refractivity contribution in [1.82, 2.24) is 5.32 Å². The Bertz CT molecular complexity index is 524. The van der Waals surface area contributed by atoms with Crippen molar-refractivity contribution in [3.05, 3.63) is 35.4 Å². The van der Waals surface area contributed by atoms with Gasteiger partial charge in [-0.15, -0.1) is 0 Å². The summed E-state index contributed by atoms with van der Waals surface area (Å²) in [4.78, 5) is 22.5. The molecule has 0 aromatic heterocycles. The van der Waals surface area contributed by atoms with Crippen LogP contribution in [0.25, 0.3) is 0 Å². The van der Waals surface area contributed by atoms with Crippen LogP contribution in [0.4, 0.5) is 13.2 Å². The molecule has 4 nitrogen and oxygen atoms in total. The fourth-order valence-corrected chi connectivity index (χ4v) is 1.64. The van der Waals surface area contributed by atoms with Crippen LogP contribution in [0.5, 0.6) is 0 Å². The van der Waals surface area contributed by atoms with E-state index >= 15 is 0 Å². The minimum Gasteiger partial charge on any atom is -0.481 e. The van der Waals surface area contributed by atoms with Crippen molar-refractivity contribution in [3.8, 4) is 0 Å². The molecule has 0 unspecified atom stereocenters. The third-order valence-electron chi connectivity index (χ3n) is 2.50. The Morgan fingerprint density at radius 2 is 1.85 bits per heavy atom. The average molecular weight is 289 g/mol. The lowest BCUT2D eigenvalue weighted by atomic mass is 10.00. The van der Waals surface area contributed by atoms with E-state index < -0.39 is 29.2 Å². The van der Waals surface area contributed by atoms with Gasteiger partial charge in [0.15, 0.2) is 0 Å². The maximum Gasteiger partial charge on any atom is 0.416 e. The number of benzene rings is 1. The Morgan fingerprint density at radius 3 is 2.35 bits per heavy atom. The number of carboxylic acids is 1. The summed E-state index contributed by atoms with van der Waals surface area (Å²) in [6.45, 7) is 2.96. The number of hydrogen-bond donors (Lipinski definition) is 2. The number of carbonyl (C=O) groups excluding carboxylic acids is 1. The minimum absolute atomic E-state index is 0.168. The van der Waals surface area contributed by atoms with E-state index in [0.29, 0.717) is 0 Å². The van der Waals surface area contributed by atoms with E-state index in [4.69, 9.17) is 5.11 Å². The third-order valence-corrected chi connectivity index (χ3v) is 2.50. The predicted octanol–water partition coefficient (Wildman–Crippen LogP) is 2.69. The fourth-order valence-electron chi connectivity index (χ4n) is 1.64. The quantitative estimate of drug-likeness (QED) is 0.895. The van der Waals surface area contributed by atoms with E-state index in [1.807, 2.05) is 0 Å². The molecule has 2 N–H and O–H groups in total. The van der Waals surface area contributed by atoms with Gasteiger partial charge in [0.05, 0.1) is 12.0 Å². The number of aliphatic carboxylic acids is 1. The molecule has 20 heavy (non-hydrogen) atoms. The molecule has 0 bridgehead atoms. The molecule has 0 spiro atoms. The molecular weight excluding hydrogens is 275 g/mol. The zero-order chi connectivity index (χ0) is 15.6. The highest BCUT2D eigenvalue weighted by Crippen LogP contribution is 2.29. The highest BCUT2D eigenvalue weighted by Gasteiger charge is 2.31. The van der Waals surface area contributed by atoms with E-state index in [1.54, 1.807) is 0 Å². The Kier molecular flexibility index (Phi) is 4.42. The zero-order valence-electron chi connectivity index (χ0n) is 10.9. The average Bonchev–Trinajstić information content (AvgIpc) is 2.25. The van der Waals surface area contributed by atoms with Gasteiger partial charge in [-0.25, -0.2) is 0 Å². The largest absolute Gasteiger partial charge is 0.481 e. The fraction of sp³-hybridized carbons (Fsp3) is 0.385. The first-order valence-corrected chi connectivity index (χ1v) is 5.73. The summed E-state index contributed by atoms with van der Waals surface area (Å²) in [6.07, 6.45) is -4.87. The van der Waals surface area contributed by atoms with Gasteiger partial charge in [0, 0.05) is 11.1 Å². The molecular formula is C13H14F3NO3. The molecule has 1 amide bonds. The first-order valence-electron chi connectivity index (χ1n) is 5.73. The Labute approximate surface area is 113 Å². The third kappa shape index (κ3) is 4.56. The molecule has 1 aromatic rings. The maximum atomic E-state index is 12.5. The molecule has 110 valence electrons. The van der Waals surface area contributed by atoms with E-state index in [2.05, 4.69) is 5.32 Å². The van der Waals surface area contributed by atoms with Gasteiger partial charge in [-0.05, 0) is 32.0 Å². The van der Waals surface area contributed by atoms with E-state index in [1.165, 1.54) is 19.9 Å². The number of carboxylic acid groups (broad SMARTS) is 1. The number of rotatable bonds is 4. The van der Waals surface area contributed by atoms with Crippen molar-refractivity contribution in [2.75, 3.05) is 0 Å². The molecule has 0 aliphatic rings. The van der Waals surface area contributed by atoms with Crippen LogP contribution in [0.1, 0.15) is 36.2 Å². The Morgan fingerprint density at radius 1 is 1.25 bits per heavy atom. The summed E-state index contributed by atoms with van der Waals surface area (Å²) in [5.74, 6) is -1.86. The second kappa shape index (κ2) is 5.52. The standard InChI is InChI=1S/C13H14F3NO3/c1-12(2,7-10(18)19)17-11(20)8-4-3-5-9(6-8)13(14,15)16/h3-6H,7H2,1-2H3,(H,17,20)(H,18,19). The minimum atomic E-state index is -4.53. The van der Waals surface area contributed by atoms with Crippen LogP contribution in [0.3, 0.4) is 0 Å². The molecule has 0 aliphatic heterocycles. The smallest absolute Gasteiger partial charge is 0.416 e. The number of nitrogens with one attached hydrogen (secondary N) is 1. The van der Waals surface area contributed by atoms with Crippen molar-refractivity contribution >= 4 is 11.9 Å². The first kappa shape index (κ1) is 16.0. The first-order chi connectivity index (χ1) is 9.01. The summed E-state index contributed by atoms with van der Waals surface area (Å²) in [6, 6.07) is 3.95. The molecule has 7 heteroatoms. The SMILES string of the molecule is CC(C)(CC(=O)O)NC(=O)c1cccc(C(F)(F)F)c1. The highest BCUT2D eigenvalue weighted by molar-refractivity contribution is 5.95. The number of hydrogen-bond acceptors (Lipinski definition) is 2. The van der Waals surface area contributed by atoms with E-state index in [-0.39, 0.29) is 12.0 Å². The van der Waals surface area contributed by atoms with Crippen LogP contribution < -0.4 is 5.32 Å². The van der Waals surface area contributed by atoms with E-state index in [9.17, 15) is 22.8 Å². The topological polar surface area (TPSA) is 66.4 Å². The van der Waals surface area contributed by atoms with Crippen LogP contribution in [-0.4, -0.2) is 22.5 Å². The van der Waals surface area contributed by atoms with Crippen LogP contribution in [0.2, 0.25) is 0 Å². The monoisotopic (exact) mass is 289 g/mol. The highest BCUT2D eigenvalue weighted by atomic mass is 19.4. The second-order valence-electron chi connectivity index (χ2n) is 4.99. The number of carbonyl (C=O) groups is 2. The van der Waals surface area contributed by atoms with Crippen LogP contribution >= 0.6 is 0 Å². The predicted molar refractivity (Wildman–Crippen MR) is 65.2 cm³/mol. The van der Waals surface area contributed by atoms with Crippen molar-refractivity contribution in [2.45, 2.75) is 32.0 Å². The summed E-state index contributed by atoms with van der Waals surface area (Å²) in [5, 5.41) is 11.1. The van der Waals surface area contributed by atoms with Crippen LogP contribution in [0, 0.1) is 0 Å². The number of halogens is 3. The molecule has 0 saturated heterocycles. The van der Waals surface area contributed by atoms with Crippen LogP contribution in [0.15, 0.2) is 24.3 Å². The molecule has 1 aromatic carbocycles. The number of amides is 1. The maximum absolute atomic E-state index is 12.5. The molecule has 0 aliphatic carbocycles. The van der Waals surface area contributed by atoms with Gasteiger partial charge < -0.3 is 10.4 Å². The molecule has 0 atom stereocenters. The summed E-state index contributed by atoms with van der Waals surface area (Å²) >= 11 is 0. The van der Waals surface area contributed by atoms with Gasteiger partial charge >= 0.3 is 12.1 Å². The lowest BCUT2D eigenvalue weighted by molar-refractivity contribution is -0.138. The van der Waals surface area contributed by atoms with Gasteiger partial charge in [-0.2, -0.15) is 13.2 Å². The Hall–Kier alpha value is -2.05. The molecule has 0 heterocycles. The molecule has 0 fully saturated rings. The van der Waals surface area contributed by atoms with Crippen molar-refractivity contribution in [2.24, 2.45) is 0 Å². The van der Waals surface area contributed by atoms with Crippen molar-refractivity contribution in [3.63, 3.8) is 0 Å².